The number of hydrogen-bond donors (Lipinski definition) is 1. The highest BCUT2D eigenvalue weighted by Crippen LogP contribution is 2.26. The largest absolute Gasteiger partial charge is 0.491 e. The minimum Gasteiger partial charge on any atom is -0.491 e. The van der Waals surface area contributed by atoms with Gasteiger partial charge in [0.05, 0.1) is 18.1 Å². The predicted octanol–water partition coefficient (Wildman–Crippen LogP) is 3.49. The quantitative estimate of drug-likeness (QED) is 0.845. The second-order valence-corrected chi connectivity index (χ2v) is 6.50. The predicted molar refractivity (Wildman–Crippen MR) is 82.2 cm³/mol. The second kappa shape index (κ2) is 6.94. The van der Waals surface area contributed by atoms with Gasteiger partial charge in [0.1, 0.15) is 11.4 Å². The lowest BCUT2D eigenvalue weighted by atomic mass is 9.97. The van der Waals surface area contributed by atoms with E-state index in [2.05, 4.69) is 0 Å². The zero-order valence-electron chi connectivity index (χ0n) is 13.7. The van der Waals surface area contributed by atoms with E-state index >= 15 is 0 Å². The molecule has 1 rings (SSSR count). The molecule has 1 aromatic carbocycles. The summed E-state index contributed by atoms with van der Waals surface area (Å²) in [6, 6.07) is 7.12. The molecule has 4 nitrogen and oxygen atoms in total. The molecule has 0 aliphatic heterocycles. The third kappa shape index (κ3) is 5.76. The van der Waals surface area contributed by atoms with Crippen LogP contribution >= 0.6 is 0 Å². The van der Waals surface area contributed by atoms with E-state index in [0.29, 0.717) is 5.56 Å². The molecule has 21 heavy (non-hydrogen) atoms. The van der Waals surface area contributed by atoms with E-state index < -0.39 is 23.6 Å². The molecule has 0 aliphatic rings. The van der Waals surface area contributed by atoms with Crippen LogP contribution in [0.25, 0.3) is 0 Å². The van der Waals surface area contributed by atoms with Crippen LogP contribution in [0, 0.1) is 5.92 Å². The van der Waals surface area contributed by atoms with Crippen LogP contribution in [0.3, 0.4) is 0 Å². The minimum absolute atomic E-state index is 0.0986. The molecule has 1 aromatic rings. The first-order chi connectivity index (χ1) is 9.60. The Morgan fingerprint density at radius 2 is 1.62 bits per heavy atom. The van der Waals surface area contributed by atoms with Crippen LogP contribution in [0.15, 0.2) is 24.3 Å². The summed E-state index contributed by atoms with van der Waals surface area (Å²) in [5, 5.41) is 10.3. The summed E-state index contributed by atoms with van der Waals surface area (Å²) < 4.78 is 10.8. The maximum absolute atomic E-state index is 12.0. The summed E-state index contributed by atoms with van der Waals surface area (Å²) in [5.41, 5.74) is 0.115. The van der Waals surface area contributed by atoms with Crippen LogP contribution in [0.1, 0.15) is 53.2 Å². The van der Waals surface area contributed by atoms with Crippen molar-refractivity contribution in [1.29, 1.82) is 0 Å². The highest BCUT2D eigenvalue weighted by atomic mass is 16.6. The zero-order chi connectivity index (χ0) is 16.2. The smallest absolute Gasteiger partial charge is 0.312 e. The van der Waals surface area contributed by atoms with Gasteiger partial charge in [-0.05, 0) is 59.2 Å². The van der Waals surface area contributed by atoms with Crippen molar-refractivity contribution in [2.24, 2.45) is 5.92 Å². The van der Waals surface area contributed by atoms with E-state index in [4.69, 9.17) is 9.47 Å². The molecule has 4 heteroatoms. The fourth-order valence-electron chi connectivity index (χ4n) is 1.83. The topological polar surface area (TPSA) is 55.8 Å². The fraction of sp³-hybridized carbons (Fsp3) is 0.588. The maximum Gasteiger partial charge on any atom is 0.312 e. The maximum atomic E-state index is 12.0. The van der Waals surface area contributed by atoms with E-state index in [1.807, 2.05) is 34.6 Å². The number of carbonyl (C=O) groups is 1. The molecule has 0 aromatic heterocycles. The number of aliphatic hydroxyl groups is 1. The summed E-state index contributed by atoms with van der Waals surface area (Å²) in [6.45, 7) is 11.0. The average Bonchev–Trinajstić information content (AvgIpc) is 2.35. The van der Waals surface area contributed by atoms with Crippen molar-refractivity contribution >= 4 is 5.97 Å². The van der Waals surface area contributed by atoms with Crippen LogP contribution in [0.4, 0.5) is 0 Å². The number of aliphatic hydroxyl groups excluding tert-OH is 1. The summed E-state index contributed by atoms with van der Waals surface area (Å²) in [4.78, 5) is 12.0. The third-order valence-electron chi connectivity index (χ3n) is 2.85. The van der Waals surface area contributed by atoms with E-state index in [1.54, 1.807) is 31.2 Å². The van der Waals surface area contributed by atoms with Gasteiger partial charge in [-0.1, -0.05) is 12.1 Å². The van der Waals surface area contributed by atoms with Crippen LogP contribution in [-0.2, 0) is 9.53 Å². The second-order valence-electron chi connectivity index (χ2n) is 6.50. The minimum atomic E-state index is -0.895. The van der Waals surface area contributed by atoms with Gasteiger partial charge in [-0.25, -0.2) is 0 Å². The molecular weight excluding hydrogens is 268 g/mol. The van der Waals surface area contributed by atoms with Gasteiger partial charge >= 0.3 is 5.97 Å². The molecule has 0 heterocycles. The highest BCUT2D eigenvalue weighted by Gasteiger charge is 2.28. The van der Waals surface area contributed by atoms with Crippen molar-refractivity contribution in [1.82, 2.24) is 0 Å². The molecule has 0 fully saturated rings. The van der Waals surface area contributed by atoms with Crippen molar-refractivity contribution in [3.8, 4) is 5.75 Å². The number of hydrogen-bond acceptors (Lipinski definition) is 4. The number of ether oxygens (including phenoxy) is 2. The van der Waals surface area contributed by atoms with Crippen LogP contribution in [0.2, 0.25) is 0 Å². The number of rotatable bonds is 5. The van der Waals surface area contributed by atoms with Crippen molar-refractivity contribution in [3.63, 3.8) is 0 Å². The fourth-order valence-corrected chi connectivity index (χ4v) is 1.83. The lowest BCUT2D eigenvalue weighted by Gasteiger charge is -2.24. The highest BCUT2D eigenvalue weighted by molar-refractivity contribution is 5.73. The van der Waals surface area contributed by atoms with Crippen molar-refractivity contribution in [2.45, 2.75) is 59.4 Å². The van der Waals surface area contributed by atoms with Crippen LogP contribution in [-0.4, -0.2) is 22.8 Å². The SMILES string of the molecule is CC(C)Oc1ccc(C(O)C(C)C(=O)OC(C)(C)C)cc1. The van der Waals surface area contributed by atoms with Gasteiger partial charge in [0.25, 0.3) is 0 Å². The molecule has 0 saturated carbocycles. The van der Waals surface area contributed by atoms with E-state index in [0.717, 1.165) is 5.75 Å². The Hall–Kier alpha value is -1.55. The van der Waals surface area contributed by atoms with Gasteiger partial charge in [-0.2, -0.15) is 0 Å². The average molecular weight is 294 g/mol. The molecule has 118 valence electrons. The molecule has 2 unspecified atom stereocenters. The summed E-state index contributed by atoms with van der Waals surface area (Å²) in [6.07, 6.45) is -0.797. The first kappa shape index (κ1) is 17.5. The molecule has 2 atom stereocenters. The number of benzene rings is 1. The van der Waals surface area contributed by atoms with Crippen LogP contribution < -0.4 is 4.74 Å². The number of esters is 1. The normalized spacial score (nSPS) is 14.7. The summed E-state index contributed by atoms with van der Waals surface area (Å²) in [5.74, 6) is -0.288. The molecule has 0 aliphatic carbocycles. The van der Waals surface area contributed by atoms with Crippen molar-refractivity contribution < 1.29 is 19.4 Å². The van der Waals surface area contributed by atoms with Crippen LogP contribution in [0.5, 0.6) is 5.75 Å². The molecule has 1 N–H and O–H groups in total. The molecule has 0 bridgehead atoms. The molecule has 0 amide bonds. The van der Waals surface area contributed by atoms with Gasteiger partial charge in [0.15, 0.2) is 0 Å². The Morgan fingerprint density at radius 1 is 1.10 bits per heavy atom. The molecule has 0 spiro atoms. The lowest BCUT2D eigenvalue weighted by Crippen LogP contribution is -2.30. The van der Waals surface area contributed by atoms with Gasteiger partial charge < -0.3 is 14.6 Å². The Balaban J connectivity index is 2.74. The lowest BCUT2D eigenvalue weighted by molar-refractivity contribution is -0.163. The van der Waals surface area contributed by atoms with Gasteiger partial charge in [-0.15, -0.1) is 0 Å². The van der Waals surface area contributed by atoms with Gasteiger partial charge in [0.2, 0.25) is 0 Å². The Kier molecular flexibility index (Phi) is 5.78. The molecule has 0 radical (unpaired) electrons. The van der Waals surface area contributed by atoms with E-state index in [-0.39, 0.29) is 6.10 Å². The molecular formula is C17H26O4. The number of carbonyl (C=O) groups excluding carboxylic acids is 1. The van der Waals surface area contributed by atoms with E-state index in [1.165, 1.54) is 0 Å². The van der Waals surface area contributed by atoms with Crippen molar-refractivity contribution in [2.75, 3.05) is 0 Å². The van der Waals surface area contributed by atoms with Gasteiger partial charge in [-0.3, -0.25) is 4.79 Å². The first-order valence-electron chi connectivity index (χ1n) is 7.27. The third-order valence-corrected chi connectivity index (χ3v) is 2.85. The van der Waals surface area contributed by atoms with Gasteiger partial charge in [0, 0.05) is 0 Å². The standard InChI is InChI=1S/C17H26O4/c1-11(2)20-14-9-7-13(8-10-14)15(18)12(3)16(19)21-17(4,5)6/h7-12,15,18H,1-6H3. The Morgan fingerprint density at radius 3 is 2.05 bits per heavy atom. The van der Waals surface area contributed by atoms with E-state index in [9.17, 15) is 9.90 Å². The summed E-state index contributed by atoms with van der Waals surface area (Å²) >= 11 is 0. The Bertz CT molecular complexity index is 457. The van der Waals surface area contributed by atoms with Crippen molar-refractivity contribution in [3.05, 3.63) is 29.8 Å². The zero-order valence-corrected chi connectivity index (χ0v) is 13.7. The molecule has 0 saturated heterocycles. The Labute approximate surface area is 127 Å². The first-order valence-corrected chi connectivity index (χ1v) is 7.27. The summed E-state index contributed by atoms with van der Waals surface area (Å²) in [7, 11) is 0. The monoisotopic (exact) mass is 294 g/mol.